The molecule has 2 aromatic heterocycles. The van der Waals surface area contributed by atoms with E-state index in [0.717, 1.165) is 47.0 Å². The van der Waals surface area contributed by atoms with Crippen LogP contribution in [0, 0.1) is 0 Å². The molecule has 0 amide bonds. The van der Waals surface area contributed by atoms with Crippen molar-refractivity contribution in [1.29, 1.82) is 0 Å². The molecule has 0 unspecified atom stereocenters. The van der Waals surface area contributed by atoms with E-state index >= 15 is 0 Å². The van der Waals surface area contributed by atoms with Crippen molar-refractivity contribution in [3.05, 3.63) is 72.9 Å². The molecule has 0 saturated heterocycles. The van der Waals surface area contributed by atoms with Gasteiger partial charge in [-0.05, 0) is 49.2 Å². The summed E-state index contributed by atoms with van der Waals surface area (Å²) >= 11 is 0. The normalized spacial score (nSPS) is 11.1. The van der Waals surface area contributed by atoms with E-state index in [2.05, 4.69) is 88.2 Å². The number of nitrogens with zero attached hydrogens (tertiary/aromatic N) is 4. The summed E-state index contributed by atoms with van der Waals surface area (Å²) in [4.78, 5) is 9.46. The fraction of sp³-hybridized carbons (Fsp3) is 0.500. The zero-order chi connectivity index (χ0) is 32.1. The molecule has 2 aromatic carbocycles. The van der Waals surface area contributed by atoms with Crippen LogP contribution in [0.3, 0.4) is 0 Å². The molecule has 0 radical (unpaired) electrons. The molecule has 0 atom stereocenters. The molecular weight excluding hydrogens is 564 g/mol. The Kier molecular flexibility index (Phi) is 16.1. The lowest BCUT2D eigenvalue weighted by atomic mass is 10.0. The molecular formula is C40H56N6. The lowest BCUT2D eigenvalue weighted by molar-refractivity contribution is 0.581. The molecule has 0 fully saturated rings. The lowest BCUT2D eigenvalue weighted by Crippen LogP contribution is -2.03. The Morgan fingerprint density at radius 1 is 0.478 bits per heavy atom. The monoisotopic (exact) mass is 620 g/mol. The van der Waals surface area contributed by atoms with E-state index in [-0.39, 0.29) is 0 Å². The molecule has 0 aliphatic rings. The predicted octanol–water partition coefficient (Wildman–Crippen LogP) is 11.4. The van der Waals surface area contributed by atoms with Crippen molar-refractivity contribution < 1.29 is 0 Å². The summed E-state index contributed by atoms with van der Waals surface area (Å²) in [5, 5.41) is 16.4. The second-order valence-electron chi connectivity index (χ2n) is 12.5. The second-order valence-corrected chi connectivity index (χ2v) is 12.5. The average molecular weight is 621 g/mol. The van der Waals surface area contributed by atoms with Gasteiger partial charge in [-0.1, -0.05) is 134 Å². The topological polar surface area (TPSA) is 75.6 Å². The van der Waals surface area contributed by atoms with E-state index in [1.54, 1.807) is 6.20 Å². The van der Waals surface area contributed by atoms with Gasteiger partial charge in [0.2, 0.25) is 5.82 Å². The Balaban J connectivity index is 1.36. The highest BCUT2D eigenvalue weighted by Gasteiger charge is 2.15. The zero-order valence-electron chi connectivity index (χ0n) is 28.4. The fourth-order valence-corrected chi connectivity index (χ4v) is 5.80. The number of hydrogen-bond donors (Lipinski definition) is 2. The van der Waals surface area contributed by atoms with Crippen LogP contribution in [-0.2, 0) is 0 Å². The van der Waals surface area contributed by atoms with Crippen molar-refractivity contribution in [3.8, 4) is 34.0 Å². The summed E-state index contributed by atoms with van der Waals surface area (Å²) in [7, 11) is 0. The summed E-state index contributed by atoms with van der Waals surface area (Å²) in [5.41, 5.74) is 6.57. The van der Waals surface area contributed by atoms with E-state index in [0.29, 0.717) is 11.5 Å². The highest BCUT2D eigenvalue weighted by Crippen LogP contribution is 2.31. The van der Waals surface area contributed by atoms with Crippen molar-refractivity contribution >= 4 is 11.4 Å². The highest BCUT2D eigenvalue weighted by molar-refractivity contribution is 5.79. The Morgan fingerprint density at radius 2 is 0.957 bits per heavy atom. The largest absolute Gasteiger partial charge is 0.385 e. The molecule has 0 saturated carbocycles. The molecule has 2 N–H and O–H groups in total. The molecule has 2 heterocycles. The smallest absolute Gasteiger partial charge is 0.201 e. The van der Waals surface area contributed by atoms with Crippen LogP contribution in [0.2, 0.25) is 0 Å². The molecule has 46 heavy (non-hydrogen) atoms. The van der Waals surface area contributed by atoms with E-state index in [1.165, 1.54) is 103 Å². The standard InChI is InChI=1S/C40H56N6/c1-3-5-7-9-11-13-15-18-30-41-35-26-22-33(23-27-35)38-39(45-46-40(44-38)37-21-17-20-32-43-37)34-24-28-36(29-25-34)42-31-19-16-14-12-10-8-6-4-2/h17,20-29,32,41-42H,3-16,18-19,30-31H2,1-2H3. The number of pyridine rings is 1. The van der Waals surface area contributed by atoms with Gasteiger partial charge in [-0.3, -0.25) is 4.98 Å². The zero-order valence-corrected chi connectivity index (χ0v) is 28.4. The van der Waals surface area contributed by atoms with Crippen LogP contribution in [0.1, 0.15) is 117 Å². The van der Waals surface area contributed by atoms with Gasteiger partial charge in [0.15, 0.2) is 0 Å². The molecule has 0 spiro atoms. The van der Waals surface area contributed by atoms with Gasteiger partial charge in [0.25, 0.3) is 0 Å². The third-order valence-corrected chi connectivity index (χ3v) is 8.62. The van der Waals surface area contributed by atoms with Crippen molar-refractivity contribution in [2.24, 2.45) is 0 Å². The average Bonchev–Trinajstić information content (AvgIpc) is 3.11. The molecule has 0 bridgehead atoms. The summed E-state index contributed by atoms with van der Waals surface area (Å²) in [6.45, 7) is 6.55. The minimum Gasteiger partial charge on any atom is -0.385 e. The Bertz CT molecular complexity index is 1360. The SMILES string of the molecule is CCCCCCCCCCNc1ccc(-c2nnc(-c3ccccn3)nc2-c2ccc(NCCCCCCCCCC)cc2)cc1. The maximum absolute atomic E-state index is 4.99. The first-order valence-corrected chi connectivity index (χ1v) is 18.1. The quantitative estimate of drug-likeness (QED) is 0.0804. The Hall–Kier alpha value is -3.80. The first kappa shape index (κ1) is 35.1. The van der Waals surface area contributed by atoms with Gasteiger partial charge in [0.05, 0.1) is 0 Å². The van der Waals surface area contributed by atoms with Gasteiger partial charge >= 0.3 is 0 Å². The summed E-state index contributed by atoms with van der Waals surface area (Å²) in [5.74, 6) is 0.528. The third kappa shape index (κ3) is 12.2. The predicted molar refractivity (Wildman–Crippen MR) is 196 cm³/mol. The van der Waals surface area contributed by atoms with Gasteiger partial charge in [-0.2, -0.15) is 0 Å². The first-order chi connectivity index (χ1) is 22.8. The second kappa shape index (κ2) is 21.1. The molecule has 4 rings (SSSR count). The van der Waals surface area contributed by atoms with E-state index < -0.39 is 0 Å². The van der Waals surface area contributed by atoms with Crippen molar-refractivity contribution in [2.75, 3.05) is 23.7 Å². The number of rotatable bonds is 23. The third-order valence-electron chi connectivity index (χ3n) is 8.62. The van der Waals surface area contributed by atoms with Crippen LogP contribution in [0.15, 0.2) is 72.9 Å². The highest BCUT2D eigenvalue weighted by atomic mass is 15.2. The summed E-state index contributed by atoms with van der Waals surface area (Å²) in [6.07, 6.45) is 23.0. The van der Waals surface area contributed by atoms with Crippen molar-refractivity contribution in [1.82, 2.24) is 20.2 Å². The number of unbranched alkanes of at least 4 members (excludes halogenated alkanes) is 14. The Labute approximate surface area is 278 Å². The van der Waals surface area contributed by atoms with E-state index in [9.17, 15) is 0 Å². The fourth-order valence-electron chi connectivity index (χ4n) is 5.80. The molecule has 4 aromatic rings. The number of hydrogen-bond acceptors (Lipinski definition) is 6. The summed E-state index contributed by atoms with van der Waals surface area (Å²) < 4.78 is 0. The van der Waals surface area contributed by atoms with E-state index in [1.807, 2.05) is 18.2 Å². The van der Waals surface area contributed by atoms with Crippen LogP contribution in [0.4, 0.5) is 11.4 Å². The maximum Gasteiger partial charge on any atom is 0.201 e. The lowest BCUT2D eigenvalue weighted by Gasteiger charge is -2.12. The van der Waals surface area contributed by atoms with E-state index in [4.69, 9.17) is 4.98 Å². The van der Waals surface area contributed by atoms with Crippen LogP contribution >= 0.6 is 0 Å². The Morgan fingerprint density at radius 3 is 1.43 bits per heavy atom. The molecule has 246 valence electrons. The first-order valence-electron chi connectivity index (χ1n) is 18.1. The number of nitrogens with one attached hydrogen (secondary N) is 2. The molecule has 6 heteroatoms. The van der Waals surface area contributed by atoms with Gasteiger partial charge in [0.1, 0.15) is 17.1 Å². The maximum atomic E-state index is 4.99. The van der Waals surface area contributed by atoms with Crippen LogP contribution in [-0.4, -0.2) is 33.3 Å². The minimum absolute atomic E-state index is 0.528. The van der Waals surface area contributed by atoms with Gasteiger partial charge in [-0.15, -0.1) is 10.2 Å². The molecule has 6 nitrogen and oxygen atoms in total. The number of anilines is 2. The minimum atomic E-state index is 0.528. The van der Waals surface area contributed by atoms with Gasteiger partial charge < -0.3 is 10.6 Å². The summed E-state index contributed by atoms with van der Waals surface area (Å²) in [6, 6.07) is 22.8. The van der Waals surface area contributed by atoms with Gasteiger partial charge in [0, 0.05) is 41.8 Å². The number of aromatic nitrogens is 4. The van der Waals surface area contributed by atoms with Crippen molar-refractivity contribution in [3.63, 3.8) is 0 Å². The molecule has 0 aliphatic heterocycles. The van der Waals surface area contributed by atoms with Crippen LogP contribution in [0.5, 0.6) is 0 Å². The van der Waals surface area contributed by atoms with Gasteiger partial charge in [-0.25, -0.2) is 4.98 Å². The number of benzene rings is 2. The van der Waals surface area contributed by atoms with Crippen LogP contribution < -0.4 is 10.6 Å². The van der Waals surface area contributed by atoms with Crippen LogP contribution in [0.25, 0.3) is 34.0 Å². The van der Waals surface area contributed by atoms with Crippen molar-refractivity contribution in [2.45, 2.75) is 117 Å². The molecule has 0 aliphatic carbocycles.